The number of nitrogens with zero attached hydrogens (tertiary/aromatic N) is 4. The predicted molar refractivity (Wildman–Crippen MR) is 180 cm³/mol. The Hall–Kier alpha value is -6.49. The molecule has 0 aliphatic carbocycles. The minimum absolute atomic E-state index is 0.270. The van der Waals surface area contributed by atoms with Crippen LogP contribution in [0.3, 0.4) is 0 Å². The minimum atomic E-state index is 0.270. The molecule has 0 amide bonds. The number of rotatable bonds is 6. The summed E-state index contributed by atoms with van der Waals surface area (Å²) in [5.41, 5.74) is 9.80. The van der Waals surface area contributed by atoms with Crippen molar-refractivity contribution in [3.63, 3.8) is 0 Å². The SMILES string of the molecule is N#Cc1cn(-c2ccccc2)c(-c2c(C#N)c(-c3ccccc3)c(-c3ccccc3)c(-c3ccccc3)c2-c2ccccc2)n1. The van der Waals surface area contributed by atoms with Gasteiger partial charge in [-0.05, 0) is 45.5 Å². The first-order chi connectivity index (χ1) is 22.3. The molecule has 0 atom stereocenters. The number of para-hydroxylation sites is 1. The molecular weight excluding hydrogens is 548 g/mol. The second-order valence-electron chi connectivity index (χ2n) is 10.6. The van der Waals surface area contributed by atoms with Gasteiger partial charge in [-0.1, -0.05) is 140 Å². The smallest absolute Gasteiger partial charge is 0.159 e. The third kappa shape index (κ3) is 4.97. The van der Waals surface area contributed by atoms with Crippen molar-refractivity contribution in [3.05, 3.63) is 169 Å². The molecule has 0 bridgehead atoms. The Balaban J connectivity index is 1.77. The Morgan fingerprint density at radius 1 is 0.422 bits per heavy atom. The lowest BCUT2D eigenvalue weighted by Gasteiger charge is -2.26. The fourth-order valence-corrected chi connectivity index (χ4v) is 6.06. The maximum atomic E-state index is 11.2. The number of hydrogen-bond acceptors (Lipinski definition) is 3. The number of benzene rings is 6. The summed E-state index contributed by atoms with van der Waals surface area (Å²) in [5, 5.41) is 21.2. The van der Waals surface area contributed by atoms with Crippen LogP contribution in [-0.4, -0.2) is 9.55 Å². The Labute approximate surface area is 262 Å². The molecule has 210 valence electrons. The molecule has 4 nitrogen and oxygen atoms in total. The van der Waals surface area contributed by atoms with Gasteiger partial charge in [-0.2, -0.15) is 10.5 Å². The van der Waals surface area contributed by atoms with E-state index in [4.69, 9.17) is 4.98 Å². The molecule has 0 unspecified atom stereocenters. The van der Waals surface area contributed by atoms with Crippen LogP contribution in [0.4, 0.5) is 0 Å². The van der Waals surface area contributed by atoms with Crippen molar-refractivity contribution in [2.45, 2.75) is 0 Å². The molecule has 45 heavy (non-hydrogen) atoms. The molecule has 0 saturated heterocycles. The maximum absolute atomic E-state index is 11.2. The minimum Gasteiger partial charge on any atom is -0.298 e. The zero-order valence-corrected chi connectivity index (χ0v) is 24.3. The van der Waals surface area contributed by atoms with E-state index in [2.05, 4.69) is 48.5 Å². The van der Waals surface area contributed by atoms with Crippen LogP contribution in [0, 0.1) is 22.7 Å². The third-order valence-corrected chi connectivity index (χ3v) is 7.94. The van der Waals surface area contributed by atoms with Gasteiger partial charge in [-0.15, -0.1) is 0 Å². The van der Waals surface area contributed by atoms with Crippen molar-refractivity contribution >= 4 is 0 Å². The lowest BCUT2D eigenvalue weighted by molar-refractivity contribution is 1.07. The average molecular weight is 575 g/mol. The Morgan fingerprint density at radius 2 is 0.800 bits per heavy atom. The van der Waals surface area contributed by atoms with Gasteiger partial charge in [-0.3, -0.25) is 4.57 Å². The van der Waals surface area contributed by atoms with Crippen LogP contribution < -0.4 is 0 Å². The van der Waals surface area contributed by atoms with Crippen molar-refractivity contribution in [3.8, 4) is 73.7 Å². The first kappa shape index (κ1) is 27.3. The molecule has 0 radical (unpaired) electrons. The highest BCUT2D eigenvalue weighted by Gasteiger charge is 2.30. The summed E-state index contributed by atoms with van der Waals surface area (Å²) in [7, 11) is 0. The largest absolute Gasteiger partial charge is 0.298 e. The van der Waals surface area contributed by atoms with Crippen LogP contribution in [0.2, 0.25) is 0 Å². The monoisotopic (exact) mass is 574 g/mol. The van der Waals surface area contributed by atoms with Gasteiger partial charge in [0.15, 0.2) is 5.69 Å². The quantitative estimate of drug-likeness (QED) is 0.198. The molecule has 0 spiro atoms. The van der Waals surface area contributed by atoms with Gasteiger partial charge >= 0.3 is 0 Å². The van der Waals surface area contributed by atoms with E-state index in [0.29, 0.717) is 17.0 Å². The molecular formula is C41H26N4. The van der Waals surface area contributed by atoms with Gasteiger partial charge in [0.2, 0.25) is 0 Å². The van der Waals surface area contributed by atoms with Crippen molar-refractivity contribution < 1.29 is 0 Å². The molecule has 0 N–H and O–H groups in total. The maximum Gasteiger partial charge on any atom is 0.159 e. The fraction of sp³-hybridized carbons (Fsp3) is 0. The third-order valence-electron chi connectivity index (χ3n) is 7.94. The first-order valence-electron chi connectivity index (χ1n) is 14.7. The molecule has 4 heteroatoms. The van der Waals surface area contributed by atoms with Crippen LogP contribution in [0.25, 0.3) is 61.6 Å². The lowest BCUT2D eigenvalue weighted by Crippen LogP contribution is -2.05. The van der Waals surface area contributed by atoms with Crippen LogP contribution in [-0.2, 0) is 0 Å². The van der Waals surface area contributed by atoms with Gasteiger partial charge in [-0.25, -0.2) is 4.98 Å². The van der Waals surface area contributed by atoms with E-state index in [1.165, 1.54) is 0 Å². The van der Waals surface area contributed by atoms with Gasteiger partial charge in [0.05, 0.1) is 5.56 Å². The fourth-order valence-electron chi connectivity index (χ4n) is 6.06. The van der Waals surface area contributed by atoms with E-state index in [1.54, 1.807) is 6.20 Å². The van der Waals surface area contributed by atoms with E-state index in [9.17, 15) is 10.5 Å². The van der Waals surface area contributed by atoms with E-state index >= 15 is 0 Å². The van der Waals surface area contributed by atoms with Crippen molar-refractivity contribution in [2.24, 2.45) is 0 Å². The highest BCUT2D eigenvalue weighted by molar-refractivity contribution is 6.09. The first-order valence-corrected chi connectivity index (χ1v) is 14.7. The van der Waals surface area contributed by atoms with Crippen LogP contribution in [0.1, 0.15) is 11.3 Å². The standard InChI is InChI=1S/C41H26N4/c42-26-33-28-45(34-24-14-5-15-25-34)41(44-33)40-35(27-43)36(29-16-6-1-7-17-29)37(30-18-8-2-9-19-30)38(31-20-10-3-11-21-31)39(40)32-22-12-4-13-23-32/h1-25,28H. The zero-order chi connectivity index (χ0) is 30.6. The van der Waals surface area contributed by atoms with Crippen molar-refractivity contribution in [1.29, 1.82) is 10.5 Å². The van der Waals surface area contributed by atoms with E-state index in [-0.39, 0.29) is 5.69 Å². The highest BCUT2D eigenvalue weighted by atomic mass is 15.1. The molecule has 7 aromatic rings. The molecule has 1 aromatic heterocycles. The van der Waals surface area contributed by atoms with Gasteiger partial charge in [0, 0.05) is 28.6 Å². The molecule has 6 aromatic carbocycles. The summed E-state index contributed by atoms with van der Waals surface area (Å²) < 4.78 is 1.92. The molecule has 7 rings (SSSR count). The zero-order valence-electron chi connectivity index (χ0n) is 24.3. The van der Waals surface area contributed by atoms with E-state index < -0.39 is 0 Å². The van der Waals surface area contributed by atoms with Crippen LogP contribution in [0.15, 0.2) is 158 Å². The Bertz CT molecular complexity index is 2190. The molecule has 0 fully saturated rings. The Morgan fingerprint density at radius 3 is 1.22 bits per heavy atom. The van der Waals surface area contributed by atoms with Crippen LogP contribution in [0.5, 0.6) is 0 Å². The van der Waals surface area contributed by atoms with E-state index in [0.717, 1.165) is 50.2 Å². The average Bonchev–Trinajstić information content (AvgIpc) is 3.56. The molecule has 1 heterocycles. The molecule has 0 saturated carbocycles. The van der Waals surface area contributed by atoms with Crippen molar-refractivity contribution in [1.82, 2.24) is 9.55 Å². The second kappa shape index (κ2) is 12.0. The topological polar surface area (TPSA) is 65.4 Å². The highest BCUT2D eigenvalue weighted by Crippen LogP contribution is 2.52. The number of imidazole rings is 1. The molecule has 0 aliphatic rings. The summed E-state index contributed by atoms with van der Waals surface area (Å²) in [5.74, 6) is 0.530. The number of aromatic nitrogens is 2. The number of hydrogen-bond donors (Lipinski definition) is 0. The second-order valence-corrected chi connectivity index (χ2v) is 10.6. The Kier molecular flexibility index (Phi) is 7.30. The summed E-state index contributed by atoms with van der Waals surface area (Å²) >= 11 is 0. The van der Waals surface area contributed by atoms with E-state index in [1.807, 2.05) is 120 Å². The van der Waals surface area contributed by atoms with Crippen molar-refractivity contribution in [2.75, 3.05) is 0 Å². The summed E-state index contributed by atoms with van der Waals surface area (Å²) in [4.78, 5) is 4.89. The molecule has 0 aliphatic heterocycles. The summed E-state index contributed by atoms with van der Waals surface area (Å²) in [6.07, 6.45) is 1.75. The summed E-state index contributed by atoms with van der Waals surface area (Å²) in [6, 6.07) is 55.5. The van der Waals surface area contributed by atoms with Crippen LogP contribution >= 0.6 is 0 Å². The normalized spacial score (nSPS) is 10.6. The lowest BCUT2D eigenvalue weighted by atomic mass is 9.77. The summed E-state index contributed by atoms with van der Waals surface area (Å²) in [6.45, 7) is 0. The van der Waals surface area contributed by atoms with Gasteiger partial charge < -0.3 is 0 Å². The number of nitriles is 2. The van der Waals surface area contributed by atoms with Gasteiger partial charge in [0.1, 0.15) is 18.0 Å². The predicted octanol–water partition coefficient (Wildman–Crippen LogP) is 9.95. The van der Waals surface area contributed by atoms with Gasteiger partial charge in [0.25, 0.3) is 0 Å².